The van der Waals surface area contributed by atoms with Gasteiger partial charge in [-0.25, -0.2) is 13.1 Å². The van der Waals surface area contributed by atoms with Crippen molar-refractivity contribution in [2.45, 2.75) is 73.1 Å². The third kappa shape index (κ3) is 6.67. The van der Waals surface area contributed by atoms with Gasteiger partial charge in [0.05, 0.1) is 11.1 Å². The number of ether oxygens (including phenoxy) is 1. The number of Topliss-reactive ketones (excluding diaryl/α,β-unsaturated/α-hetero) is 1. The maximum atomic E-state index is 13.2. The summed E-state index contributed by atoms with van der Waals surface area (Å²) in [5, 5.41) is 0. The number of aryl methyl sites for hydroxylation is 4. The van der Waals surface area contributed by atoms with Crippen LogP contribution in [-0.4, -0.2) is 33.6 Å². The van der Waals surface area contributed by atoms with Crippen LogP contribution in [0.5, 0.6) is 5.75 Å². The van der Waals surface area contributed by atoms with Crippen molar-refractivity contribution in [2.24, 2.45) is 5.41 Å². The van der Waals surface area contributed by atoms with E-state index in [-0.39, 0.29) is 18.9 Å². The number of nitrogens with one attached hydrogen (secondary N) is 1. The molecule has 33 heavy (non-hydrogen) atoms. The lowest BCUT2D eigenvalue weighted by molar-refractivity contribution is 0.0985. The van der Waals surface area contributed by atoms with E-state index < -0.39 is 10.0 Å². The number of rotatable bonds is 10. The topological polar surface area (TPSA) is 72.5 Å². The van der Waals surface area contributed by atoms with Gasteiger partial charge >= 0.3 is 0 Å². The molecule has 0 aliphatic heterocycles. The molecule has 1 heterocycles. The van der Waals surface area contributed by atoms with Crippen molar-refractivity contribution in [3.8, 4) is 5.75 Å². The number of thiophene rings is 1. The summed E-state index contributed by atoms with van der Waals surface area (Å²) >= 11 is 1.72. The van der Waals surface area contributed by atoms with Crippen LogP contribution in [0.3, 0.4) is 0 Å². The minimum atomic E-state index is -3.22. The molecule has 1 aromatic heterocycles. The van der Waals surface area contributed by atoms with Crippen LogP contribution in [0.1, 0.15) is 76.0 Å². The Morgan fingerprint density at radius 1 is 1.18 bits per heavy atom. The second-order valence-corrected chi connectivity index (χ2v) is 12.9. The largest absolute Gasteiger partial charge is 0.492 e. The highest BCUT2D eigenvalue weighted by molar-refractivity contribution is 7.88. The van der Waals surface area contributed by atoms with Crippen LogP contribution in [-0.2, 0) is 35.7 Å². The van der Waals surface area contributed by atoms with Gasteiger partial charge in [0.2, 0.25) is 10.0 Å². The first-order valence-electron chi connectivity index (χ1n) is 11.7. The molecular formula is C26H37NO4S2. The number of carbonyl (C=O) groups excluding carboxylic acids is 1. The van der Waals surface area contributed by atoms with E-state index in [1.54, 1.807) is 11.3 Å². The lowest BCUT2D eigenvalue weighted by Crippen LogP contribution is -2.27. The first-order chi connectivity index (χ1) is 15.4. The maximum absolute atomic E-state index is 13.2. The van der Waals surface area contributed by atoms with E-state index in [2.05, 4.69) is 37.6 Å². The van der Waals surface area contributed by atoms with Crippen molar-refractivity contribution >= 4 is 27.1 Å². The minimum Gasteiger partial charge on any atom is -0.492 e. The monoisotopic (exact) mass is 491 g/mol. The van der Waals surface area contributed by atoms with Crippen LogP contribution in [0.2, 0.25) is 0 Å². The predicted molar refractivity (Wildman–Crippen MR) is 136 cm³/mol. The number of benzene rings is 1. The zero-order chi connectivity index (χ0) is 24.4. The molecule has 0 fully saturated rings. The second-order valence-electron chi connectivity index (χ2n) is 10.0. The quantitative estimate of drug-likeness (QED) is 0.367. The Kier molecular flexibility index (Phi) is 8.07. The van der Waals surface area contributed by atoms with Crippen molar-refractivity contribution in [1.82, 2.24) is 4.72 Å². The average Bonchev–Trinajstić information content (AvgIpc) is 3.06. The molecule has 0 unspecified atom stereocenters. The Morgan fingerprint density at radius 2 is 1.85 bits per heavy atom. The molecule has 0 amide bonds. The van der Waals surface area contributed by atoms with Gasteiger partial charge in [0, 0.05) is 17.8 Å². The number of fused-ring (bicyclic) bond motifs is 1. The van der Waals surface area contributed by atoms with Gasteiger partial charge in [-0.2, -0.15) is 0 Å². The number of carbonyl (C=O) groups is 1. The first-order valence-corrected chi connectivity index (χ1v) is 14.4. The molecule has 0 spiro atoms. The number of hydrogen-bond acceptors (Lipinski definition) is 5. The molecule has 7 heteroatoms. The smallest absolute Gasteiger partial charge is 0.208 e. The van der Waals surface area contributed by atoms with Gasteiger partial charge in [-0.05, 0) is 79.2 Å². The average molecular weight is 492 g/mol. The van der Waals surface area contributed by atoms with Crippen molar-refractivity contribution in [3.05, 3.63) is 49.7 Å². The summed E-state index contributed by atoms with van der Waals surface area (Å²) in [5.41, 5.74) is 6.21. The highest BCUT2D eigenvalue weighted by atomic mass is 32.2. The van der Waals surface area contributed by atoms with Crippen LogP contribution in [0.25, 0.3) is 0 Å². The Hall–Kier alpha value is -1.70. The second kappa shape index (κ2) is 10.3. The Bertz CT molecular complexity index is 1110. The van der Waals surface area contributed by atoms with E-state index in [0.717, 1.165) is 59.3 Å². The summed E-state index contributed by atoms with van der Waals surface area (Å²) in [4.78, 5) is 15.6. The van der Waals surface area contributed by atoms with E-state index in [4.69, 9.17) is 4.74 Å². The van der Waals surface area contributed by atoms with Gasteiger partial charge in [-0.3, -0.25) is 4.79 Å². The fourth-order valence-electron chi connectivity index (χ4n) is 4.73. The molecule has 0 saturated heterocycles. The van der Waals surface area contributed by atoms with Gasteiger partial charge in [-0.15, -0.1) is 11.3 Å². The van der Waals surface area contributed by atoms with E-state index >= 15 is 0 Å². The van der Waals surface area contributed by atoms with Crippen LogP contribution < -0.4 is 9.46 Å². The number of ketones is 1. The van der Waals surface area contributed by atoms with Crippen LogP contribution in [0.15, 0.2) is 12.1 Å². The molecule has 1 aliphatic carbocycles. The summed E-state index contributed by atoms with van der Waals surface area (Å²) in [6, 6.07) is 4.15. The highest BCUT2D eigenvalue weighted by Crippen LogP contribution is 2.42. The molecule has 1 aromatic carbocycles. The van der Waals surface area contributed by atoms with E-state index in [1.807, 2.05) is 13.8 Å². The van der Waals surface area contributed by atoms with E-state index in [9.17, 15) is 13.2 Å². The normalized spacial score (nSPS) is 15.3. The molecule has 3 rings (SSSR count). The van der Waals surface area contributed by atoms with Crippen molar-refractivity contribution < 1.29 is 17.9 Å². The first kappa shape index (κ1) is 25.9. The van der Waals surface area contributed by atoms with Crippen LogP contribution >= 0.6 is 11.3 Å². The van der Waals surface area contributed by atoms with Gasteiger partial charge in [0.1, 0.15) is 12.4 Å². The predicted octanol–water partition coefficient (Wildman–Crippen LogP) is 5.19. The highest BCUT2D eigenvalue weighted by Gasteiger charge is 2.31. The fourth-order valence-corrected chi connectivity index (χ4v) is 6.45. The lowest BCUT2D eigenvalue weighted by Gasteiger charge is -2.30. The Labute approximate surface area is 203 Å². The Morgan fingerprint density at radius 3 is 2.45 bits per heavy atom. The molecule has 0 atom stereocenters. The number of sulfonamides is 1. The minimum absolute atomic E-state index is 0.232. The fraction of sp³-hybridized carbons (Fsp3) is 0.577. The molecule has 1 aliphatic rings. The number of hydrogen-bond donors (Lipinski definition) is 1. The zero-order valence-electron chi connectivity index (χ0n) is 20.8. The van der Waals surface area contributed by atoms with Crippen LogP contribution in [0, 0.1) is 19.3 Å². The summed E-state index contributed by atoms with van der Waals surface area (Å²) in [6.07, 6.45) is 6.57. The summed E-state index contributed by atoms with van der Waals surface area (Å²) < 4.78 is 30.6. The van der Waals surface area contributed by atoms with Gasteiger partial charge in [-0.1, -0.05) is 32.9 Å². The molecule has 182 valence electrons. The SMILES string of the molecule is CCc1sc(C(=O)CCc2cc(C)c(OCCNS(C)(=O)=O)c(C)c2)c2c1CC(C)(C)CC2. The summed E-state index contributed by atoms with van der Waals surface area (Å²) in [7, 11) is -3.22. The third-order valence-corrected chi connectivity index (χ3v) is 8.54. The van der Waals surface area contributed by atoms with Gasteiger partial charge in [0.25, 0.3) is 0 Å². The van der Waals surface area contributed by atoms with Crippen LogP contribution in [0.4, 0.5) is 0 Å². The van der Waals surface area contributed by atoms with Gasteiger partial charge < -0.3 is 4.74 Å². The van der Waals surface area contributed by atoms with E-state index in [1.165, 1.54) is 16.0 Å². The zero-order valence-corrected chi connectivity index (χ0v) is 22.4. The standard InChI is InChI=1S/C26H37NO4S2/c1-7-23-21-16-26(4,5)11-10-20(21)25(32-23)22(28)9-8-19-14-17(2)24(18(3)15-19)31-13-12-27-33(6,29)30/h14-15,27H,7-13,16H2,1-6H3. The van der Waals surface area contributed by atoms with Crippen molar-refractivity contribution in [1.29, 1.82) is 0 Å². The maximum Gasteiger partial charge on any atom is 0.208 e. The molecule has 0 radical (unpaired) electrons. The summed E-state index contributed by atoms with van der Waals surface area (Å²) in [5.74, 6) is 1.04. The van der Waals surface area contributed by atoms with Gasteiger partial charge in [0.15, 0.2) is 5.78 Å². The van der Waals surface area contributed by atoms with E-state index in [0.29, 0.717) is 18.3 Å². The Balaban J connectivity index is 1.66. The molecule has 0 saturated carbocycles. The molecule has 2 aromatic rings. The molecule has 1 N–H and O–H groups in total. The summed E-state index contributed by atoms with van der Waals surface area (Å²) in [6.45, 7) is 11.3. The third-order valence-electron chi connectivity index (χ3n) is 6.36. The van der Waals surface area contributed by atoms with Crippen molar-refractivity contribution in [3.63, 3.8) is 0 Å². The lowest BCUT2D eigenvalue weighted by atomic mass is 9.74. The molecule has 5 nitrogen and oxygen atoms in total. The van der Waals surface area contributed by atoms with Crippen molar-refractivity contribution in [2.75, 3.05) is 19.4 Å². The molecule has 0 bridgehead atoms. The molecular weight excluding hydrogens is 454 g/mol.